The lowest BCUT2D eigenvalue weighted by Crippen LogP contribution is -2.33. The summed E-state index contributed by atoms with van der Waals surface area (Å²) in [5, 5.41) is 34.4. The molecule has 12 nitrogen and oxygen atoms in total. The van der Waals surface area contributed by atoms with Crippen LogP contribution in [-0.2, 0) is 11.3 Å². The minimum absolute atomic E-state index is 0.128. The number of nitrogens with zero attached hydrogens (tertiary/aromatic N) is 5. The molecule has 4 atom stereocenters. The topological polar surface area (TPSA) is 173 Å². The van der Waals surface area contributed by atoms with Gasteiger partial charge in [-0.1, -0.05) is 30.3 Å². The first-order valence-electron chi connectivity index (χ1n) is 11.2. The third kappa shape index (κ3) is 4.70. The number of anilines is 2. The zero-order valence-electron chi connectivity index (χ0n) is 19.0. The molecular formula is C24H25N7O5. The number of aliphatic hydroxyl groups is 3. The maximum absolute atomic E-state index is 10.5. The van der Waals surface area contributed by atoms with Crippen molar-refractivity contribution in [3.63, 3.8) is 0 Å². The standard InChI is InChI=1S/C24H25N7O5/c25-21-18-22(27-13-26-21)31(23-20(34)19(33)17(11-32)36-23)24(29-18)30-28-10-14-6-8-16(9-7-14)35-12-15-4-2-1-3-5-15/h1-10,13,17,19-20,23,32-34H,11-12H2,(H,29,30)(H2,25,26,27). The summed E-state index contributed by atoms with van der Waals surface area (Å²) < 4.78 is 12.9. The number of hydrogen-bond donors (Lipinski definition) is 5. The average Bonchev–Trinajstić information content (AvgIpc) is 3.41. The predicted octanol–water partition coefficient (Wildman–Crippen LogP) is 1.04. The van der Waals surface area contributed by atoms with Crippen molar-refractivity contribution in [2.45, 2.75) is 31.1 Å². The molecule has 1 aliphatic rings. The van der Waals surface area contributed by atoms with E-state index in [4.69, 9.17) is 15.2 Å². The van der Waals surface area contributed by atoms with Crippen LogP contribution in [0.5, 0.6) is 5.75 Å². The first-order valence-corrected chi connectivity index (χ1v) is 11.2. The second kappa shape index (κ2) is 10.3. The average molecular weight is 492 g/mol. The lowest BCUT2D eigenvalue weighted by Gasteiger charge is -2.18. The van der Waals surface area contributed by atoms with Crippen LogP contribution in [0, 0.1) is 0 Å². The van der Waals surface area contributed by atoms with E-state index in [0.29, 0.717) is 6.61 Å². The number of rotatable bonds is 8. The van der Waals surface area contributed by atoms with Crippen molar-refractivity contribution in [2.75, 3.05) is 17.8 Å². The summed E-state index contributed by atoms with van der Waals surface area (Å²) >= 11 is 0. The Morgan fingerprint density at radius 1 is 1.08 bits per heavy atom. The highest BCUT2D eigenvalue weighted by atomic mass is 16.6. The molecule has 4 aromatic rings. The Kier molecular flexibility index (Phi) is 6.73. The number of hydrogen-bond acceptors (Lipinski definition) is 11. The fourth-order valence-corrected chi connectivity index (χ4v) is 3.90. The zero-order valence-corrected chi connectivity index (χ0v) is 19.0. The Morgan fingerprint density at radius 2 is 1.86 bits per heavy atom. The van der Waals surface area contributed by atoms with Gasteiger partial charge in [0.15, 0.2) is 23.2 Å². The van der Waals surface area contributed by atoms with E-state index in [-0.39, 0.29) is 22.9 Å². The Balaban J connectivity index is 1.33. The number of benzene rings is 2. The quantitative estimate of drug-likeness (QED) is 0.177. The van der Waals surface area contributed by atoms with E-state index >= 15 is 0 Å². The van der Waals surface area contributed by atoms with Gasteiger partial charge in [-0.2, -0.15) is 5.10 Å². The number of hydrazone groups is 1. The lowest BCUT2D eigenvalue weighted by atomic mass is 10.1. The summed E-state index contributed by atoms with van der Waals surface area (Å²) in [6, 6.07) is 17.3. The highest BCUT2D eigenvalue weighted by Crippen LogP contribution is 2.35. The van der Waals surface area contributed by atoms with Gasteiger partial charge in [-0.05, 0) is 35.4 Å². The van der Waals surface area contributed by atoms with Crippen molar-refractivity contribution in [1.82, 2.24) is 19.5 Å². The highest BCUT2D eigenvalue weighted by molar-refractivity contribution is 5.84. The van der Waals surface area contributed by atoms with Gasteiger partial charge in [0.05, 0.1) is 12.8 Å². The molecule has 186 valence electrons. The Labute approximate surface area is 205 Å². The number of aromatic nitrogens is 4. The van der Waals surface area contributed by atoms with E-state index in [9.17, 15) is 15.3 Å². The van der Waals surface area contributed by atoms with Crippen molar-refractivity contribution in [2.24, 2.45) is 5.10 Å². The normalized spacial score (nSPS) is 21.9. The molecule has 0 bridgehead atoms. The maximum atomic E-state index is 10.5. The summed E-state index contributed by atoms with van der Waals surface area (Å²) in [7, 11) is 0. The van der Waals surface area contributed by atoms with Crippen molar-refractivity contribution in [3.8, 4) is 5.75 Å². The van der Waals surface area contributed by atoms with Crippen molar-refractivity contribution in [3.05, 3.63) is 72.1 Å². The van der Waals surface area contributed by atoms with Crippen LogP contribution < -0.4 is 15.9 Å². The molecule has 0 spiro atoms. The van der Waals surface area contributed by atoms with Gasteiger partial charge in [-0.15, -0.1) is 0 Å². The fourth-order valence-electron chi connectivity index (χ4n) is 3.90. The third-order valence-electron chi connectivity index (χ3n) is 5.78. The molecule has 36 heavy (non-hydrogen) atoms. The third-order valence-corrected chi connectivity index (χ3v) is 5.78. The van der Waals surface area contributed by atoms with Crippen LogP contribution in [-0.4, -0.2) is 66.0 Å². The number of ether oxygens (including phenoxy) is 2. The SMILES string of the molecule is Nc1ncnc2c1nc(NN=Cc1ccc(OCc3ccccc3)cc1)n2C1OC(CO)C(O)C1O. The molecule has 0 saturated carbocycles. The molecular weight excluding hydrogens is 466 g/mol. The second-order valence-corrected chi connectivity index (χ2v) is 8.18. The molecule has 1 saturated heterocycles. The van der Waals surface area contributed by atoms with Crippen molar-refractivity contribution in [1.29, 1.82) is 0 Å². The minimum atomic E-state index is -1.34. The van der Waals surface area contributed by atoms with E-state index in [2.05, 4.69) is 25.5 Å². The first kappa shape index (κ1) is 23.6. The molecule has 2 aromatic heterocycles. The summed E-state index contributed by atoms with van der Waals surface area (Å²) in [5.74, 6) is 1.01. The summed E-state index contributed by atoms with van der Waals surface area (Å²) in [6.07, 6.45) is -1.86. The zero-order chi connectivity index (χ0) is 25.1. The van der Waals surface area contributed by atoms with Crippen molar-refractivity contribution < 1.29 is 24.8 Å². The van der Waals surface area contributed by atoms with E-state index < -0.39 is 31.1 Å². The Bertz CT molecular complexity index is 1350. The van der Waals surface area contributed by atoms with Crippen LogP contribution >= 0.6 is 0 Å². The molecule has 1 fully saturated rings. The van der Waals surface area contributed by atoms with Gasteiger partial charge in [0.1, 0.15) is 37.0 Å². The van der Waals surface area contributed by atoms with Crippen LogP contribution in [0.15, 0.2) is 66.0 Å². The molecule has 4 unspecified atom stereocenters. The summed E-state index contributed by atoms with van der Waals surface area (Å²) in [6.45, 7) is 0.00342. The molecule has 5 rings (SSSR count). The van der Waals surface area contributed by atoms with Gasteiger partial charge in [0.2, 0.25) is 5.95 Å². The van der Waals surface area contributed by atoms with Gasteiger partial charge in [0.25, 0.3) is 0 Å². The van der Waals surface area contributed by atoms with Crippen LogP contribution in [0.4, 0.5) is 11.8 Å². The van der Waals surface area contributed by atoms with E-state index in [1.54, 1.807) is 6.21 Å². The number of aliphatic hydroxyl groups excluding tert-OH is 3. The van der Waals surface area contributed by atoms with E-state index in [1.165, 1.54) is 10.9 Å². The van der Waals surface area contributed by atoms with Crippen LogP contribution in [0.2, 0.25) is 0 Å². The van der Waals surface area contributed by atoms with E-state index in [0.717, 1.165) is 16.9 Å². The van der Waals surface area contributed by atoms with Gasteiger partial charge in [0, 0.05) is 0 Å². The van der Waals surface area contributed by atoms with Crippen molar-refractivity contribution >= 4 is 29.1 Å². The number of nitrogens with two attached hydrogens (primary N) is 1. The smallest absolute Gasteiger partial charge is 0.228 e. The second-order valence-electron chi connectivity index (χ2n) is 8.18. The van der Waals surface area contributed by atoms with Gasteiger partial charge in [-0.25, -0.2) is 20.4 Å². The number of nitrogens with one attached hydrogen (secondary N) is 1. The molecule has 2 aromatic carbocycles. The lowest BCUT2D eigenvalue weighted by molar-refractivity contribution is -0.0501. The summed E-state index contributed by atoms with van der Waals surface area (Å²) in [4.78, 5) is 12.5. The Morgan fingerprint density at radius 3 is 2.58 bits per heavy atom. The predicted molar refractivity (Wildman–Crippen MR) is 131 cm³/mol. The first-order chi connectivity index (χ1) is 17.5. The fraction of sp³-hybridized carbons (Fsp3) is 0.250. The molecule has 1 aliphatic heterocycles. The van der Waals surface area contributed by atoms with Crippen LogP contribution in [0.25, 0.3) is 11.2 Å². The van der Waals surface area contributed by atoms with E-state index in [1.807, 2.05) is 54.6 Å². The molecule has 0 aliphatic carbocycles. The van der Waals surface area contributed by atoms with Gasteiger partial charge >= 0.3 is 0 Å². The van der Waals surface area contributed by atoms with Gasteiger partial charge < -0.3 is 30.5 Å². The molecule has 12 heteroatoms. The van der Waals surface area contributed by atoms with Gasteiger partial charge in [-0.3, -0.25) is 4.57 Å². The number of fused-ring (bicyclic) bond motifs is 1. The largest absolute Gasteiger partial charge is 0.489 e. The Hall–Kier alpha value is -4.10. The molecule has 3 heterocycles. The summed E-state index contributed by atoms with van der Waals surface area (Å²) in [5.41, 5.74) is 11.2. The molecule has 0 radical (unpaired) electrons. The maximum Gasteiger partial charge on any atom is 0.228 e. The number of imidazole rings is 1. The van der Waals surface area contributed by atoms with Crippen LogP contribution in [0.1, 0.15) is 17.4 Å². The number of nitrogen functional groups attached to an aromatic ring is 1. The molecule has 6 N–H and O–H groups in total. The molecule has 0 amide bonds. The van der Waals surface area contributed by atoms with Crippen LogP contribution in [0.3, 0.4) is 0 Å². The highest BCUT2D eigenvalue weighted by Gasteiger charge is 2.45. The monoisotopic (exact) mass is 491 g/mol. The minimum Gasteiger partial charge on any atom is -0.489 e.